The third-order valence-corrected chi connectivity index (χ3v) is 4.08. The van der Waals surface area contributed by atoms with Gasteiger partial charge in [0.05, 0.1) is 12.5 Å². The van der Waals surface area contributed by atoms with Crippen LogP contribution in [0.25, 0.3) is 0 Å². The molecule has 2 rings (SSSR count). The number of benzene rings is 1. The number of ether oxygens (including phenoxy) is 1. The largest absolute Gasteiger partial charge is 0.455 e. The summed E-state index contributed by atoms with van der Waals surface area (Å²) in [5.74, 6) is -0.975. The van der Waals surface area contributed by atoms with Gasteiger partial charge >= 0.3 is 5.97 Å². The molecule has 1 aliphatic rings. The van der Waals surface area contributed by atoms with Crippen LogP contribution in [0.3, 0.4) is 0 Å². The van der Waals surface area contributed by atoms with E-state index in [-0.39, 0.29) is 13.0 Å². The number of halogens is 1. The van der Waals surface area contributed by atoms with Crippen LogP contribution < -0.4 is 5.32 Å². The average molecular weight is 321 g/mol. The van der Waals surface area contributed by atoms with E-state index in [0.717, 1.165) is 12.8 Å². The smallest absolute Gasteiger partial charge is 0.310 e. The Morgan fingerprint density at radius 1 is 1.32 bits per heavy atom. The average Bonchev–Trinajstić information content (AvgIpc) is 2.97. The van der Waals surface area contributed by atoms with Gasteiger partial charge in [-0.2, -0.15) is 5.26 Å². The Labute approximate surface area is 134 Å². The van der Waals surface area contributed by atoms with Crippen molar-refractivity contribution in [1.29, 1.82) is 5.26 Å². The molecule has 6 heteroatoms. The van der Waals surface area contributed by atoms with Crippen LogP contribution >= 0.6 is 11.6 Å². The van der Waals surface area contributed by atoms with E-state index in [1.54, 1.807) is 24.3 Å². The molecule has 1 N–H and O–H groups in total. The van der Waals surface area contributed by atoms with Crippen molar-refractivity contribution in [2.45, 2.75) is 37.6 Å². The molecule has 0 aromatic heterocycles. The fraction of sp³-hybridized carbons (Fsp3) is 0.438. The van der Waals surface area contributed by atoms with Gasteiger partial charge in [-0.3, -0.25) is 9.59 Å². The van der Waals surface area contributed by atoms with E-state index in [1.165, 1.54) is 0 Å². The van der Waals surface area contributed by atoms with E-state index in [1.807, 2.05) is 0 Å². The van der Waals surface area contributed by atoms with E-state index >= 15 is 0 Å². The number of nitrogens with one attached hydrogen (secondary N) is 1. The highest BCUT2D eigenvalue weighted by Gasteiger charge is 2.35. The van der Waals surface area contributed by atoms with Crippen LogP contribution in [0.2, 0.25) is 5.02 Å². The summed E-state index contributed by atoms with van der Waals surface area (Å²) in [7, 11) is 0. The lowest BCUT2D eigenvalue weighted by Crippen LogP contribution is -2.46. The third-order valence-electron chi connectivity index (χ3n) is 3.71. The summed E-state index contributed by atoms with van der Waals surface area (Å²) in [6.07, 6.45) is 3.13. The zero-order valence-electron chi connectivity index (χ0n) is 12.1. The van der Waals surface area contributed by atoms with E-state index < -0.39 is 17.4 Å². The number of hydrogen-bond acceptors (Lipinski definition) is 4. The maximum absolute atomic E-state index is 11.8. The van der Waals surface area contributed by atoms with Crippen LogP contribution in [0.1, 0.15) is 31.2 Å². The maximum atomic E-state index is 11.8. The number of carbonyl (C=O) groups excluding carboxylic acids is 2. The first-order valence-corrected chi connectivity index (χ1v) is 7.54. The van der Waals surface area contributed by atoms with E-state index in [2.05, 4.69) is 11.4 Å². The third kappa shape index (κ3) is 4.22. The van der Waals surface area contributed by atoms with Crippen molar-refractivity contribution in [3.8, 4) is 6.07 Å². The number of esters is 1. The fourth-order valence-corrected chi connectivity index (χ4v) is 2.74. The Hall–Kier alpha value is -2.06. The van der Waals surface area contributed by atoms with Gasteiger partial charge < -0.3 is 10.1 Å². The molecule has 1 saturated carbocycles. The van der Waals surface area contributed by atoms with Gasteiger partial charge in [0.15, 0.2) is 6.61 Å². The Balaban J connectivity index is 1.80. The zero-order chi connectivity index (χ0) is 16.0. The summed E-state index contributed by atoms with van der Waals surface area (Å²) >= 11 is 5.96. The molecule has 1 amide bonds. The number of nitriles is 1. The minimum absolute atomic E-state index is 0.0103. The highest BCUT2D eigenvalue weighted by atomic mass is 35.5. The molecule has 1 aromatic carbocycles. The molecule has 1 aromatic rings. The van der Waals surface area contributed by atoms with Crippen molar-refractivity contribution in [2.75, 3.05) is 6.61 Å². The first-order chi connectivity index (χ1) is 10.5. The zero-order valence-corrected chi connectivity index (χ0v) is 12.9. The van der Waals surface area contributed by atoms with Crippen molar-refractivity contribution in [1.82, 2.24) is 5.32 Å². The van der Waals surface area contributed by atoms with Gasteiger partial charge in [0.2, 0.25) is 0 Å². The predicted octanol–water partition coefficient (Wildman–Crippen LogP) is 2.38. The van der Waals surface area contributed by atoms with E-state index in [0.29, 0.717) is 23.4 Å². The standard InChI is InChI=1S/C16H17ClN2O3/c17-13-6-2-1-5-12(13)9-15(21)22-10-14(20)19-16(11-18)7-3-4-8-16/h1-2,5-6H,3-4,7-10H2,(H,19,20). The summed E-state index contributed by atoms with van der Waals surface area (Å²) < 4.78 is 4.94. The second-order valence-electron chi connectivity index (χ2n) is 5.38. The van der Waals surface area contributed by atoms with Crippen molar-refractivity contribution in [3.05, 3.63) is 34.9 Å². The van der Waals surface area contributed by atoms with E-state index in [4.69, 9.17) is 16.3 Å². The lowest BCUT2D eigenvalue weighted by Gasteiger charge is -2.21. The van der Waals surface area contributed by atoms with Gasteiger partial charge in [-0.1, -0.05) is 29.8 Å². The van der Waals surface area contributed by atoms with Gasteiger partial charge in [-0.05, 0) is 37.3 Å². The Bertz CT molecular complexity index is 604. The SMILES string of the molecule is N#CC1(NC(=O)COC(=O)Cc2ccccc2Cl)CCCC1. The van der Waals surface area contributed by atoms with E-state index in [9.17, 15) is 14.9 Å². The minimum atomic E-state index is -0.799. The molecule has 0 bridgehead atoms. The molecule has 22 heavy (non-hydrogen) atoms. The van der Waals surface area contributed by atoms with Crippen LogP contribution in [-0.4, -0.2) is 24.0 Å². The lowest BCUT2D eigenvalue weighted by atomic mass is 10.00. The molecule has 116 valence electrons. The quantitative estimate of drug-likeness (QED) is 0.845. The van der Waals surface area contributed by atoms with Gasteiger partial charge in [-0.25, -0.2) is 0 Å². The second-order valence-corrected chi connectivity index (χ2v) is 5.79. The number of amides is 1. The molecule has 0 unspecified atom stereocenters. The summed E-state index contributed by atoms with van der Waals surface area (Å²) in [5.41, 5.74) is -0.148. The van der Waals surface area contributed by atoms with Crippen LogP contribution in [-0.2, 0) is 20.7 Å². The summed E-state index contributed by atoms with van der Waals surface area (Å²) in [5, 5.41) is 12.3. The molecule has 0 spiro atoms. The lowest BCUT2D eigenvalue weighted by molar-refractivity contribution is -0.148. The summed E-state index contributed by atoms with van der Waals surface area (Å²) in [6.45, 7) is -0.382. The number of hydrogen-bond donors (Lipinski definition) is 1. The monoisotopic (exact) mass is 320 g/mol. The van der Waals surface area contributed by atoms with Gasteiger partial charge in [0.1, 0.15) is 5.54 Å². The molecular formula is C16H17ClN2O3. The molecule has 0 aliphatic heterocycles. The van der Waals surface area contributed by atoms with Gasteiger partial charge in [0, 0.05) is 5.02 Å². The molecule has 0 saturated heterocycles. The van der Waals surface area contributed by atoms with Crippen molar-refractivity contribution < 1.29 is 14.3 Å². The van der Waals surface area contributed by atoms with Crippen LogP contribution in [0.4, 0.5) is 0 Å². The second kappa shape index (κ2) is 7.28. The molecule has 0 atom stereocenters. The highest BCUT2D eigenvalue weighted by Crippen LogP contribution is 2.28. The number of nitrogens with zero attached hydrogens (tertiary/aromatic N) is 1. The first-order valence-electron chi connectivity index (χ1n) is 7.16. The van der Waals surface area contributed by atoms with Crippen LogP contribution in [0.15, 0.2) is 24.3 Å². The Kier molecular flexibility index (Phi) is 5.40. The summed E-state index contributed by atoms with van der Waals surface area (Å²) in [6, 6.07) is 9.12. The van der Waals surface area contributed by atoms with Crippen molar-refractivity contribution in [3.63, 3.8) is 0 Å². The van der Waals surface area contributed by atoms with Crippen molar-refractivity contribution >= 4 is 23.5 Å². The summed E-state index contributed by atoms with van der Waals surface area (Å²) in [4.78, 5) is 23.6. The highest BCUT2D eigenvalue weighted by molar-refractivity contribution is 6.31. The fourth-order valence-electron chi connectivity index (χ4n) is 2.54. The molecule has 1 aliphatic carbocycles. The topological polar surface area (TPSA) is 79.2 Å². The van der Waals surface area contributed by atoms with Crippen LogP contribution in [0.5, 0.6) is 0 Å². The maximum Gasteiger partial charge on any atom is 0.310 e. The molecule has 0 radical (unpaired) electrons. The number of rotatable bonds is 5. The Morgan fingerprint density at radius 2 is 2.00 bits per heavy atom. The van der Waals surface area contributed by atoms with Crippen LogP contribution in [0, 0.1) is 11.3 Å². The molecule has 0 heterocycles. The molecule has 5 nitrogen and oxygen atoms in total. The van der Waals surface area contributed by atoms with Crippen molar-refractivity contribution in [2.24, 2.45) is 0 Å². The van der Waals surface area contributed by atoms with Gasteiger partial charge in [-0.15, -0.1) is 0 Å². The normalized spacial score (nSPS) is 15.8. The predicted molar refractivity (Wildman–Crippen MR) is 81.1 cm³/mol. The Morgan fingerprint density at radius 3 is 2.64 bits per heavy atom. The molecular weight excluding hydrogens is 304 g/mol. The number of carbonyl (C=O) groups is 2. The van der Waals surface area contributed by atoms with Gasteiger partial charge in [0.25, 0.3) is 5.91 Å². The molecule has 1 fully saturated rings. The minimum Gasteiger partial charge on any atom is -0.455 e. The first kappa shape index (κ1) is 16.3.